The first-order valence-corrected chi connectivity index (χ1v) is 9.61. The van der Waals surface area contributed by atoms with E-state index in [0.717, 1.165) is 29.3 Å². The van der Waals surface area contributed by atoms with Crippen molar-refractivity contribution in [1.29, 1.82) is 0 Å². The minimum atomic E-state index is 0.495. The summed E-state index contributed by atoms with van der Waals surface area (Å²) >= 11 is 3.49. The Morgan fingerprint density at radius 2 is 2.04 bits per heavy atom. The van der Waals surface area contributed by atoms with Crippen LogP contribution in [0.5, 0.6) is 0 Å². The van der Waals surface area contributed by atoms with Crippen molar-refractivity contribution in [3.63, 3.8) is 0 Å². The minimum absolute atomic E-state index is 0.495. The second-order valence-electron chi connectivity index (χ2n) is 6.20. The van der Waals surface area contributed by atoms with Crippen molar-refractivity contribution in [2.75, 3.05) is 21.0 Å². The number of benzene rings is 1. The molecule has 122 valence electrons. The molecule has 5 nitrogen and oxygen atoms in total. The van der Waals surface area contributed by atoms with Gasteiger partial charge >= 0.3 is 0 Å². The molecule has 2 aromatic heterocycles. The fourth-order valence-electron chi connectivity index (χ4n) is 3.26. The van der Waals surface area contributed by atoms with Gasteiger partial charge in [0.25, 0.3) is 0 Å². The highest BCUT2D eigenvalue weighted by atomic mass is 32.2. The molecular formula is C17H17N5S2. The molecule has 1 fully saturated rings. The second-order valence-corrected chi connectivity index (χ2v) is 8.34. The summed E-state index contributed by atoms with van der Waals surface area (Å²) in [5, 5.41) is 4.63. The van der Waals surface area contributed by atoms with Crippen molar-refractivity contribution in [2.45, 2.75) is 24.9 Å². The van der Waals surface area contributed by atoms with Gasteiger partial charge in [-0.15, -0.1) is 0 Å². The predicted molar refractivity (Wildman–Crippen MR) is 103 cm³/mol. The molecule has 2 aliphatic rings. The molecule has 0 spiro atoms. The van der Waals surface area contributed by atoms with Crippen LogP contribution in [0.4, 0.5) is 16.6 Å². The largest absolute Gasteiger partial charge is 0.359 e. The Morgan fingerprint density at radius 1 is 1.17 bits per heavy atom. The molecule has 1 N–H and O–H groups in total. The molecule has 0 bridgehead atoms. The third-order valence-corrected chi connectivity index (χ3v) is 6.65. The maximum atomic E-state index is 4.67. The van der Waals surface area contributed by atoms with E-state index in [0.29, 0.717) is 12.1 Å². The van der Waals surface area contributed by atoms with Gasteiger partial charge in [-0.1, -0.05) is 23.5 Å². The van der Waals surface area contributed by atoms with E-state index in [9.17, 15) is 0 Å². The van der Waals surface area contributed by atoms with Crippen LogP contribution in [-0.4, -0.2) is 29.1 Å². The Hall–Kier alpha value is -1.99. The van der Waals surface area contributed by atoms with Crippen LogP contribution in [0.15, 0.2) is 42.6 Å². The lowest BCUT2D eigenvalue weighted by Gasteiger charge is -2.40. The molecule has 3 heterocycles. The van der Waals surface area contributed by atoms with Crippen LogP contribution in [-0.2, 0) is 0 Å². The number of fused-ring (bicyclic) bond motifs is 2. The Balaban J connectivity index is 1.26. The number of hydrogen-bond acceptors (Lipinski definition) is 7. The van der Waals surface area contributed by atoms with Gasteiger partial charge in [0.1, 0.15) is 0 Å². The molecule has 24 heavy (non-hydrogen) atoms. The lowest BCUT2D eigenvalue weighted by molar-refractivity contribution is 0.379. The summed E-state index contributed by atoms with van der Waals surface area (Å²) < 4.78 is 5.79. The molecule has 0 unspecified atom stereocenters. The average Bonchev–Trinajstić information content (AvgIpc) is 3.12. The number of nitrogens with zero attached hydrogens (tertiary/aromatic N) is 4. The van der Waals surface area contributed by atoms with Gasteiger partial charge in [-0.05, 0) is 37.1 Å². The van der Waals surface area contributed by atoms with E-state index >= 15 is 0 Å². The molecule has 1 aromatic carbocycles. The van der Waals surface area contributed by atoms with Gasteiger partial charge in [-0.2, -0.15) is 0 Å². The number of pyridine rings is 1. The molecular weight excluding hydrogens is 338 g/mol. The Morgan fingerprint density at radius 3 is 2.92 bits per heavy atom. The Bertz CT molecular complexity index is 856. The first-order chi connectivity index (χ1) is 11.8. The van der Waals surface area contributed by atoms with Crippen LogP contribution in [0, 0.1) is 0 Å². The van der Waals surface area contributed by atoms with Crippen molar-refractivity contribution < 1.29 is 0 Å². The van der Waals surface area contributed by atoms with Crippen LogP contribution in [0.25, 0.3) is 10.2 Å². The first kappa shape index (κ1) is 14.4. The predicted octanol–water partition coefficient (Wildman–Crippen LogP) is 4.15. The van der Waals surface area contributed by atoms with Crippen LogP contribution in [0.2, 0.25) is 0 Å². The second kappa shape index (κ2) is 5.53. The molecule has 5 rings (SSSR count). The topological polar surface area (TPSA) is 44.3 Å². The molecule has 3 aromatic rings. The van der Waals surface area contributed by atoms with Gasteiger partial charge in [0.15, 0.2) is 10.9 Å². The molecule has 0 saturated heterocycles. The lowest BCUT2D eigenvalue weighted by atomic mass is 9.87. The standard InChI is InChI=1S/C17H17N5S2/c1-21-14-6-4-8-18-16(14)22(24-21)12-9-11(10-12)19-17-20-13-5-2-3-7-15(13)23-17/h2-8,11-12H,9-10H2,1H3,(H,19,20). The number of rotatable bonds is 3. The van der Waals surface area contributed by atoms with Gasteiger partial charge in [0, 0.05) is 25.3 Å². The van der Waals surface area contributed by atoms with Crippen molar-refractivity contribution >= 4 is 50.3 Å². The van der Waals surface area contributed by atoms with Crippen molar-refractivity contribution in [1.82, 2.24) is 9.97 Å². The van der Waals surface area contributed by atoms with E-state index in [1.54, 1.807) is 23.5 Å². The smallest absolute Gasteiger partial charge is 0.184 e. The fourth-order valence-corrected chi connectivity index (χ4v) is 5.22. The van der Waals surface area contributed by atoms with Gasteiger partial charge in [-0.25, -0.2) is 9.97 Å². The maximum absolute atomic E-state index is 4.67. The van der Waals surface area contributed by atoms with Crippen molar-refractivity contribution in [3.8, 4) is 0 Å². The zero-order valence-electron chi connectivity index (χ0n) is 13.2. The summed E-state index contributed by atoms with van der Waals surface area (Å²) in [6, 6.07) is 13.4. The fraction of sp³-hybridized carbons (Fsp3) is 0.294. The summed E-state index contributed by atoms with van der Waals surface area (Å²) in [6.45, 7) is 0. The molecule has 1 saturated carbocycles. The van der Waals surface area contributed by atoms with E-state index in [4.69, 9.17) is 0 Å². The zero-order valence-corrected chi connectivity index (χ0v) is 14.8. The quantitative estimate of drug-likeness (QED) is 0.712. The lowest BCUT2D eigenvalue weighted by Crippen LogP contribution is -2.47. The van der Waals surface area contributed by atoms with Crippen LogP contribution in [0.3, 0.4) is 0 Å². The van der Waals surface area contributed by atoms with Gasteiger partial charge in [-0.3, -0.25) is 8.61 Å². The number of para-hydroxylation sites is 1. The van der Waals surface area contributed by atoms with E-state index < -0.39 is 0 Å². The van der Waals surface area contributed by atoms with Gasteiger partial charge < -0.3 is 5.32 Å². The van der Waals surface area contributed by atoms with E-state index in [-0.39, 0.29) is 0 Å². The van der Waals surface area contributed by atoms with Crippen LogP contribution < -0.4 is 13.9 Å². The van der Waals surface area contributed by atoms with Crippen LogP contribution >= 0.6 is 23.5 Å². The number of thiazole rings is 1. The zero-order chi connectivity index (χ0) is 16.1. The molecule has 0 radical (unpaired) electrons. The monoisotopic (exact) mass is 355 g/mol. The molecule has 1 aliphatic heterocycles. The summed E-state index contributed by atoms with van der Waals surface area (Å²) in [7, 11) is 2.10. The maximum Gasteiger partial charge on any atom is 0.184 e. The molecule has 0 atom stereocenters. The molecule has 7 heteroatoms. The SMILES string of the molecule is CN1SN(C2CC(Nc3nc4ccccc4s3)C2)c2ncccc21. The summed E-state index contributed by atoms with van der Waals surface area (Å²) in [5.41, 5.74) is 2.28. The minimum Gasteiger partial charge on any atom is -0.359 e. The summed E-state index contributed by atoms with van der Waals surface area (Å²) in [4.78, 5) is 9.24. The highest BCUT2D eigenvalue weighted by molar-refractivity contribution is 8.02. The molecule has 1 aliphatic carbocycles. The van der Waals surface area contributed by atoms with E-state index in [1.807, 2.05) is 18.3 Å². The highest BCUT2D eigenvalue weighted by Crippen LogP contribution is 2.47. The molecule has 0 amide bonds. The summed E-state index contributed by atoms with van der Waals surface area (Å²) in [5.74, 6) is 1.09. The number of aromatic nitrogens is 2. The normalized spacial score (nSPS) is 22.5. The number of nitrogens with one attached hydrogen (secondary N) is 1. The third kappa shape index (κ3) is 2.31. The number of anilines is 3. The van der Waals surface area contributed by atoms with Gasteiger partial charge in [0.2, 0.25) is 0 Å². The van der Waals surface area contributed by atoms with E-state index in [1.165, 1.54) is 10.4 Å². The summed E-state index contributed by atoms with van der Waals surface area (Å²) in [6.07, 6.45) is 4.11. The highest BCUT2D eigenvalue weighted by Gasteiger charge is 2.40. The average molecular weight is 355 g/mol. The Kier molecular flexibility index (Phi) is 3.31. The first-order valence-electron chi connectivity index (χ1n) is 8.06. The van der Waals surface area contributed by atoms with Gasteiger partial charge in [0.05, 0.1) is 28.0 Å². The van der Waals surface area contributed by atoms with E-state index in [2.05, 4.69) is 55.2 Å². The third-order valence-electron chi connectivity index (χ3n) is 4.59. The van der Waals surface area contributed by atoms with Crippen LogP contribution in [0.1, 0.15) is 12.8 Å². The Labute approximate surface area is 149 Å². The van der Waals surface area contributed by atoms with Crippen molar-refractivity contribution in [2.24, 2.45) is 0 Å². The van der Waals surface area contributed by atoms with Crippen molar-refractivity contribution in [3.05, 3.63) is 42.6 Å². The number of hydrogen-bond donors (Lipinski definition) is 1.